The van der Waals surface area contributed by atoms with Gasteiger partial charge in [0, 0.05) is 0 Å². The highest BCUT2D eigenvalue weighted by Gasteiger charge is 2.36. The fourth-order valence-corrected chi connectivity index (χ4v) is 4.22. The van der Waals surface area contributed by atoms with Gasteiger partial charge in [0.2, 0.25) is 0 Å². The summed E-state index contributed by atoms with van der Waals surface area (Å²) in [6, 6.07) is 3.11. The molecule has 2 N–H and O–H groups in total. The van der Waals surface area contributed by atoms with Crippen molar-refractivity contribution in [3.8, 4) is 0 Å². The average Bonchev–Trinajstić information content (AvgIpc) is 2.47. The second-order valence-corrected chi connectivity index (χ2v) is 7.74. The number of alkyl halides is 3. The molecule has 0 saturated carbocycles. The van der Waals surface area contributed by atoms with Crippen LogP contribution < -0.4 is 5.84 Å². The molecule has 8 heteroatoms. The molecule has 2 rings (SSSR count). The normalized spacial score (nSPS) is 23.8. The lowest BCUT2D eigenvalue weighted by Crippen LogP contribution is -2.33. The fraction of sp³-hybridized carbons (Fsp3) is 0.500. The van der Waals surface area contributed by atoms with E-state index in [2.05, 4.69) is 4.36 Å². The van der Waals surface area contributed by atoms with Gasteiger partial charge >= 0.3 is 6.18 Å². The molecular formula is C12H16F3N3OS. The molecule has 20 heavy (non-hydrogen) atoms. The van der Waals surface area contributed by atoms with E-state index in [0.29, 0.717) is 5.56 Å². The number of hydrogen-bond acceptors (Lipinski definition) is 3. The Morgan fingerprint density at radius 3 is 2.40 bits per heavy atom. The molecule has 0 fully saturated rings. The van der Waals surface area contributed by atoms with Crippen LogP contribution in [-0.4, -0.2) is 14.2 Å². The van der Waals surface area contributed by atoms with Crippen LogP contribution in [0, 0.1) is 0 Å². The van der Waals surface area contributed by atoms with Crippen molar-refractivity contribution in [1.82, 2.24) is 4.41 Å². The highest BCUT2D eigenvalue weighted by atomic mass is 32.2. The first-order valence-electron chi connectivity index (χ1n) is 5.94. The van der Waals surface area contributed by atoms with Crippen LogP contribution in [0.1, 0.15) is 31.9 Å². The summed E-state index contributed by atoms with van der Waals surface area (Å²) in [5.74, 6) is 5.71. The molecule has 1 unspecified atom stereocenters. The van der Waals surface area contributed by atoms with Gasteiger partial charge in [0.25, 0.3) is 0 Å². The van der Waals surface area contributed by atoms with Gasteiger partial charge < -0.3 is 0 Å². The molecule has 1 atom stereocenters. The molecule has 1 heterocycles. The first kappa shape index (κ1) is 15.3. The van der Waals surface area contributed by atoms with Gasteiger partial charge in [-0.2, -0.15) is 13.2 Å². The molecule has 0 radical (unpaired) electrons. The minimum Gasteiger partial charge on any atom is -0.256 e. The predicted octanol–water partition coefficient (Wildman–Crippen LogP) is 2.94. The van der Waals surface area contributed by atoms with Gasteiger partial charge in [0.05, 0.1) is 22.5 Å². The molecule has 1 aliphatic rings. The second kappa shape index (κ2) is 4.44. The van der Waals surface area contributed by atoms with Crippen molar-refractivity contribution < 1.29 is 17.4 Å². The van der Waals surface area contributed by atoms with E-state index < -0.39 is 27.2 Å². The van der Waals surface area contributed by atoms with Gasteiger partial charge in [0.15, 0.2) is 9.92 Å². The summed E-state index contributed by atoms with van der Waals surface area (Å²) >= 11 is 0. The predicted molar refractivity (Wildman–Crippen MR) is 69.8 cm³/mol. The summed E-state index contributed by atoms with van der Waals surface area (Å²) in [7, 11) is -3.04. The molecule has 4 nitrogen and oxygen atoms in total. The molecule has 112 valence electrons. The van der Waals surface area contributed by atoms with E-state index in [-0.39, 0.29) is 11.4 Å². The van der Waals surface area contributed by atoms with E-state index in [0.717, 1.165) is 16.5 Å². The lowest BCUT2D eigenvalue weighted by molar-refractivity contribution is -0.137. The van der Waals surface area contributed by atoms with Crippen LogP contribution in [0.25, 0.3) is 0 Å². The third kappa shape index (κ3) is 2.68. The van der Waals surface area contributed by atoms with E-state index in [1.807, 2.05) is 0 Å². The number of hydrazine groups is 1. The standard InChI is InChI=1S/C12H16F3N3OS/c1-11(2,3)17-20(19)10-5-4-9(12(13,14)15)6-8(10)7-18(20)16/h4-6H,7,16H2,1-3H3. The van der Waals surface area contributed by atoms with Crippen molar-refractivity contribution in [1.29, 1.82) is 0 Å². The summed E-state index contributed by atoms with van der Waals surface area (Å²) in [4.78, 5) is 0.267. The summed E-state index contributed by atoms with van der Waals surface area (Å²) in [6.07, 6.45) is -4.43. The van der Waals surface area contributed by atoms with Crippen molar-refractivity contribution in [2.75, 3.05) is 0 Å². The Labute approximate surface area is 116 Å². The van der Waals surface area contributed by atoms with Crippen molar-refractivity contribution >= 4 is 9.92 Å². The summed E-state index contributed by atoms with van der Waals surface area (Å²) in [5, 5.41) is 0. The van der Waals surface area contributed by atoms with Crippen LogP contribution in [0.2, 0.25) is 0 Å². The average molecular weight is 307 g/mol. The van der Waals surface area contributed by atoms with Crippen molar-refractivity contribution in [2.24, 2.45) is 10.2 Å². The minimum atomic E-state index is -4.43. The second-order valence-electron chi connectivity index (χ2n) is 5.65. The summed E-state index contributed by atoms with van der Waals surface area (Å²) < 4.78 is 56.1. The third-order valence-corrected chi connectivity index (χ3v) is 5.25. The number of nitrogens with zero attached hydrogens (tertiary/aromatic N) is 2. The van der Waals surface area contributed by atoms with Crippen LogP contribution in [0.3, 0.4) is 0 Å². The molecule has 0 amide bonds. The molecule has 0 aromatic heterocycles. The Morgan fingerprint density at radius 1 is 1.30 bits per heavy atom. The minimum absolute atomic E-state index is 0.0162. The van der Waals surface area contributed by atoms with Crippen molar-refractivity contribution in [3.63, 3.8) is 0 Å². The maximum Gasteiger partial charge on any atom is 0.416 e. The first-order valence-corrected chi connectivity index (χ1v) is 7.41. The number of fused-ring (bicyclic) bond motifs is 1. The van der Waals surface area contributed by atoms with Crippen LogP contribution >= 0.6 is 0 Å². The van der Waals surface area contributed by atoms with Crippen molar-refractivity contribution in [2.45, 2.75) is 43.9 Å². The topological polar surface area (TPSA) is 58.7 Å². The Morgan fingerprint density at radius 2 is 1.90 bits per heavy atom. The Hall–Kier alpha value is -1.12. The van der Waals surface area contributed by atoms with Gasteiger partial charge in [-0.3, -0.25) is 5.84 Å². The van der Waals surface area contributed by atoms with Crippen LogP contribution in [-0.2, 0) is 22.6 Å². The molecular weight excluding hydrogens is 291 g/mol. The largest absolute Gasteiger partial charge is 0.416 e. The van der Waals surface area contributed by atoms with Crippen LogP contribution in [0.5, 0.6) is 0 Å². The maximum absolute atomic E-state index is 12.9. The van der Waals surface area contributed by atoms with E-state index in [1.165, 1.54) is 6.07 Å². The monoisotopic (exact) mass is 307 g/mol. The highest BCUT2D eigenvalue weighted by Crippen LogP contribution is 2.36. The van der Waals surface area contributed by atoms with E-state index in [4.69, 9.17) is 5.84 Å². The number of hydrogen-bond donors (Lipinski definition) is 1. The molecule has 1 aromatic rings. The number of rotatable bonds is 0. The van der Waals surface area contributed by atoms with Gasteiger partial charge in [-0.15, -0.1) is 4.41 Å². The van der Waals surface area contributed by atoms with Gasteiger partial charge in [-0.25, -0.2) is 8.57 Å². The molecule has 0 bridgehead atoms. The SMILES string of the molecule is CC(C)(C)N=S1(=O)c2ccc(C(F)(F)F)cc2CN1N. The quantitative estimate of drug-likeness (QED) is 0.749. The molecule has 1 aliphatic heterocycles. The maximum atomic E-state index is 12.9. The molecule has 0 aliphatic carbocycles. The number of nitrogens with two attached hydrogens (primary N) is 1. The molecule has 0 spiro atoms. The zero-order valence-electron chi connectivity index (χ0n) is 11.4. The Bertz CT molecular complexity index is 655. The zero-order chi connectivity index (χ0) is 15.3. The smallest absolute Gasteiger partial charge is 0.256 e. The zero-order valence-corrected chi connectivity index (χ0v) is 12.2. The fourth-order valence-electron chi connectivity index (χ4n) is 1.99. The number of benzene rings is 1. The lowest BCUT2D eigenvalue weighted by Gasteiger charge is -2.19. The molecule has 1 aromatic carbocycles. The van der Waals surface area contributed by atoms with E-state index >= 15 is 0 Å². The van der Waals surface area contributed by atoms with Gasteiger partial charge in [0.1, 0.15) is 0 Å². The van der Waals surface area contributed by atoms with Crippen molar-refractivity contribution in [3.05, 3.63) is 29.3 Å². The van der Waals surface area contributed by atoms with Crippen LogP contribution in [0.4, 0.5) is 13.2 Å². The highest BCUT2D eigenvalue weighted by molar-refractivity contribution is 7.91. The third-order valence-electron chi connectivity index (χ3n) is 2.72. The summed E-state index contributed by atoms with van der Waals surface area (Å²) in [6.45, 7) is 5.26. The molecule has 0 saturated heterocycles. The summed E-state index contributed by atoms with van der Waals surface area (Å²) in [5.41, 5.74) is -1.08. The Kier molecular flexibility index (Phi) is 3.39. The van der Waals surface area contributed by atoms with Gasteiger partial charge in [-0.1, -0.05) is 0 Å². The first-order chi connectivity index (χ1) is 8.93. The van der Waals surface area contributed by atoms with E-state index in [9.17, 15) is 17.4 Å². The van der Waals surface area contributed by atoms with Gasteiger partial charge in [-0.05, 0) is 44.5 Å². The lowest BCUT2D eigenvalue weighted by atomic mass is 10.1. The van der Waals surface area contributed by atoms with Crippen LogP contribution in [0.15, 0.2) is 27.5 Å². The number of halogens is 3. The Balaban J connectivity index is 2.62. The van der Waals surface area contributed by atoms with E-state index in [1.54, 1.807) is 20.8 Å².